The standard InChI is InChI=1S/C28H19N3O9S3.2Na/c32-41(33,34)18-10-12-20-21(14-18)24(29-23-13-11-19(42(35,36)37)15-27(23)43(38,39)40)16-26-28(20)30-22-8-4-5-9-25(22)31(26)17-6-2-1-3-7-17;;/h1-16H,(H3,32,33,34,35,36,37,38,39,40);;/q;2*+1/p-1. The molecule has 0 radical (unpaired) electrons. The summed E-state index contributed by atoms with van der Waals surface area (Å²) in [6, 6.07) is 24.0. The van der Waals surface area contributed by atoms with E-state index in [9.17, 15) is 38.9 Å². The molecule has 0 unspecified atom stereocenters. The van der Waals surface area contributed by atoms with Gasteiger partial charge in [-0.3, -0.25) is 4.55 Å². The second kappa shape index (κ2) is 12.9. The molecule has 45 heavy (non-hydrogen) atoms. The summed E-state index contributed by atoms with van der Waals surface area (Å²) in [5.74, 6) is 0. The van der Waals surface area contributed by atoms with Crippen molar-refractivity contribution in [3.05, 3.63) is 97.1 Å². The van der Waals surface area contributed by atoms with Gasteiger partial charge in [0.25, 0.3) is 10.1 Å². The molecule has 12 nitrogen and oxygen atoms in total. The number of hydrogen-bond acceptors (Lipinski definition) is 10. The fraction of sp³-hybridized carbons (Fsp3) is 0. The fourth-order valence-electron chi connectivity index (χ4n) is 4.89. The van der Waals surface area contributed by atoms with Crippen molar-refractivity contribution in [1.29, 1.82) is 0 Å². The van der Waals surface area contributed by atoms with Gasteiger partial charge in [0, 0.05) is 35.0 Å². The first kappa shape index (κ1) is 35.3. The third-order valence-electron chi connectivity index (χ3n) is 6.75. The average Bonchev–Trinajstić information content (AvgIpc) is 2.95. The largest absolute Gasteiger partial charge is 1.00 e. The van der Waals surface area contributed by atoms with Gasteiger partial charge in [0.2, 0.25) is 16.7 Å². The first-order valence-electron chi connectivity index (χ1n) is 12.3. The Bertz CT molecular complexity index is 2460. The second-order valence-electron chi connectivity index (χ2n) is 9.44. The molecule has 1 aromatic heterocycles. The van der Waals surface area contributed by atoms with Crippen LogP contribution in [-0.4, -0.2) is 43.9 Å². The summed E-state index contributed by atoms with van der Waals surface area (Å²) in [5, 5.41) is 3.36. The number of para-hydroxylation sites is 3. The summed E-state index contributed by atoms with van der Waals surface area (Å²) < 4.78 is 107. The molecule has 6 rings (SSSR count). The minimum absolute atomic E-state index is 0. The summed E-state index contributed by atoms with van der Waals surface area (Å²) in [5.41, 5.74) is 2.70. The molecule has 0 aliphatic heterocycles. The molecule has 1 heterocycles. The Morgan fingerprint density at radius 3 is 1.89 bits per heavy atom. The van der Waals surface area contributed by atoms with Gasteiger partial charge in [-0.25, -0.2) is 21.8 Å². The minimum atomic E-state index is -5.08. The van der Waals surface area contributed by atoms with Crippen LogP contribution in [0.15, 0.2) is 112 Å². The first-order valence-corrected chi connectivity index (χ1v) is 16.5. The predicted octanol–water partition coefficient (Wildman–Crippen LogP) is -2.38. The summed E-state index contributed by atoms with van der Waals surface area (Å²) in [4.78, 5) is 2.43. The molecule has 0 aliphatic carbocycles. The van der Waals surface area contributed by atoms with Gasteiger partial charge >= 0.3 is 59.1 Å². The van der Waals surface area contributed by atoms with E-state index in [0.29, 0.717) is 33.5 Å². The maximum Gasteiger partial charge on any atom is 1.00 e. The van der Waals surface area contributed by atoms with E-state index >= 15 is 0 Å². The van der Waals surface area contributed by atoms with Crippen molar-refractivity contribution in [3.8, 4) is 5.69 Å². The molecule has 0 atom stereocenters. The van der Waals surface area contributed by atoms with Crippen LogP contribution in [-0.2, 0) is 30.4 Å². The number of fused-ring (bicyclic) bond motifs is 4. The third-order valence-corrected chi connectivity index (χ3v) is 9.30. The topological polar surface area (TPSA) is 198 Å². The van der Waals surface area contributed by atoms with Crippen LogP contribution in [0.4, 0.5) is 11.4 Å². The number of aromatic nitrogens is 2. The number of rotatable bonds is 6. The molecule has 2 N–H and O–H groups in total. The van der Waals surface area contributed by atoms with E-state index in [2.05, 4.69) is 5.32 Å². The molecule has 0 fully saturated rings. The van der Waals surface area contributed by atoms with Crippen molar-refractivity contribution in [2.75, 3.05) is 5.32 Å². The van der Waals surface area contributed by atoms with Crippen molar-refractivity contribution in [2.24, 2.45) is 0 Å². The quantitative estimate of drug-likeness (QED) is 0.0626. The Labute approximate surface area is 302 Å². The number of hydrogen-bond donors (Lipinski definition) is 2. The van der Waals surface area contributed by atoms with Gasteiger partial charge in [-0.1, -0.05) is 36.4 Å². The van der Waals surface area contributed by atoms with Crippen molar-refractivity contribution in [3.63, 3.8) is 0 Å². The van der Waals surface area contributed by atoms with E-state index in [0.717, 1.165) is 30.0 Å². The van der Waals surface area contributed by atoms with E-state index in [1.807, 2.05) is 47.0 Å². The molecule has 0 saturated carbocycles. The van der Waals surface area contributed by atoms with Crippen LogP contribution in [0.1, 0.15) is 0 Å². The number of benzene rings is 5. The number of nitrogens with one attached hydrogen (secondary N) is 1. The molecular weight excluding hydrogens is 665 g/mol. The Balaban J connectivity index is 0.00000230. The minimum Gasteiger partial charge on any atom is -0.744 e. The second-order valence-corrected chi connectivity index (χ2v) is 13.6. The SMILES string of the molecule is O=S(=O)([O-])c1ccc(Nc2cc3c(nc4ccccc4[n+]3-c3ccccc3)c3ccc(S(=O)(=O)[O-])cc23)c(S(=O)(=O)O)c1.[Na+].[Na+]. The smallest absolute Gasteiger partial charge is 0.744 e. The Morgan fingerprint density at radius 2 is 1.24 bits per heavy atom. The van der Waals surface area contributed by atoms with Gasteiger partial charge in [-0.15, -0.1) is 4.57 Å². The molecule has 17 heteroatoms. The summed E-state index contributed by atoms with van der Waals surface area (Å²) in [6.45, 7) is 0. The molecule has 6 aromatic rings. The third kappa shape index (κ3) is 6.95. The number of anilines is 2. The van der Waals surface area contributed by atoms with E-state index < -0.39 is 45.0 Å². The molecule has 5 aromatic carbocycles. The molecule has 218 valence electrons. The van der Waals surface area contributed by atoms with E-state index in [4.69, 9.17) is 4.98 Å². The van der Waals surface area contributed by atoms with Gasteiger partial charge < -0.3 is 14.4 Å². The van der Waals surface area contributed by atoms with Crippen molar-refractivity contribution in [2.45, 2.75) is 14.7 Å². The van der Waals surface area contributed by atoms with E-state index in [1.54, 1.807) is 18.2 Å². The zero-order valence-corrected chi connectivity index (χ0v) is 30.0. The monoisotopic (exact) mass is 682 g/mol. The Morgan fingerprint density at radius 1 is 0.644 bits per heavy atom. The van der Waals surface area contributed by atoms with Crippen LogP contribution in [0, 0.1) is 0 Å². The molecule has 0 saturated heterocycles. The van der Waals surface area contributed by atoms with Gasteiger partial charge in [-0.05, 0) is 36.4 Å². The van der Waals surface area contributed by atoms with Crippen molar-refractivity contribution in [1.82, 2.24) is 4.98 Å². The maximum atomic E-state index is 12.3. The van der Waals surface area contributed by atoms with E-state index in [1.165, 1.54) is 6.07 Å². The first-order chi connectivity index (χ1) is 20.2. The average molecular weight is 683 g/mol. The van der Waals surface area contributed by atoms with Crippen LogP contribution < -0.4 is 69.0 Å². The van der Waals surface area contributed by atoms with Crippen molar-refractivity contribution < 1.29 is 103 Å². The fourth-order valence-corrected chi connectivity index (χ4v) is 6.63. The van der Waals surface area contributed by atoms with Crippen LogP contribution in [0.5, 0.6) is 0 Å². The summed E-state index contributed by atoms with van der Waals surface area (Å²) in [6.07, 6.45) is 0. The Kier molecular flexibility index (Phi) is 10.2. The van der Waals surface area contributed by atoms with Crippen LogP contribution in [0.25, 0.3) is 38.5 Å². The number of nitrogens with zero attached hydrogens (tertiary/aromatic N) is 2. The summed E-state index contributed by atoms with van der Waals surface area (Å²) in [7, 11) is -15.1. The molecule has 0 spiro atoms. The van der Waals surface area contributed by atoms with Gasteiger partial charge in [0.15, 0.2) is 0 Å². The van der Waals surface area contributed by atoms with Crippen LogP contribution >= 0.6 is 0 Å². The predicted molar refractivity (Wildman–Crippen MR) is 154 cm³/mol. The van der Waals surface area contributed by atoms with Gasteiger partial charge in [-0.2, -0.15) is 8.42 Å². The van der Waals surface area contributed by atoms with Gasteiger partial charge in [0.05, 0.1) is 21.2 Å². The molecule has 0 bridgehead atoms. The Hall–Kier alpha value is -2.51. The van der Waals surface area contributed by atoms with Crippen molar-refractivity contribution >= 4 is 74.6 Å². The van der Waals surface area contributed by atoms with Crippen LogP contribution in [0.2, 0.25) is 0 Å². The maximum absolute atomic E-state index is 12.3. The zero-order chi connectivity index (χ0) is 30.7. The normalized spacial score (nSPS) is 12.1. The molecule has 0 aliphatic rings. The van der Waals surface area contributed by atoms with E-state index in [-0.39, 0.29) is 75.9 Å². The summed E-state index contributed by atoms with van der Waals surface area (Å²) >= 11 is 0. The molecular formula is C28H18N3Na2O9S3+. The van der Waals surface area contributed by atoms with Crippen LogP contribution in [0.3, 0.4) is 0 Å². The zero-order valence-electron chi connectivity index (χ0n) is 23.6. The van der Waals surface area contributed by atoms with Gasteiger partial charge in [0.1, 0.15) is 36.2 Å². The molecule has 0 amide bonds.